The average molecular weight is 299 g/mol. The summed E-state index contributed by atoms with van der Waals surface area (Å²) < 4.78 is 23.8. The van der Waals surface area contributed by atoms with Crippen molar-refractivity contribution in [3.63, 3.8) is 0 Å². The fraction of sp³-hybridized carbons (Fsp3) is 0.385. The van der Waals surface area contributed by atoms with Crippen LogP contribution in [0.25, 0.3) is 11.0 Å². The molecular weight excluding hydrogens is 284 g/mol. The van der Waals surface area contributed by atoms with Crippen LogP contribution in [-0.2, 0) is 15.3 Å². The van der Waals surface area contributed by atoms with Crippen molar-refractivity contribution in [2.45, 2.75) is 31.2 Å². The molecule has 0 saturated heterocycles. The normalized spacial score (nSPS) is 12.9. The molecule has 0 spiro atoms. The van der Waals surface area contributed by atoms with E-state index in [-0.39, 0.29) is 5.03 Å². The van der Waals surface area contributed by atoms with E-state index in [1.54, 1.807) is 18.2 Å². The molecule has 0 bridgehead atoms. The molecule has 1 aromatic heterocycles. The first-order valence-electron chi connectivity index (χ1n) is 5.77. The Morgan fingerprint density at radius 1 is 1.11 bits per heavy atom. The quantitative estimate of drug-likeness (QED) is 0.812. The van der Waals surface area contributed by atoms with E-state index in [4.69, 9.17) is 11.6 Å². The summed E-state index contributed by atoms with van der Waals surface area (Å²) in [5.41, 5.74) is 1.18. The second-order valence-corrected chi connectivity index (χ2v) is 7.90. The highest BCUT2D eigenvalue weighted by Gasteiger charge is 2.27. The number of rotatable bonds is 1. The van der Waals surface area contributed by atoms with E-state index < -0.39 is 15.3 Å². The van der Waals surface area contributed by atoms with Crippen molar-refractivity contribution in [1.29, 1.82) is 0 Å². The third kappa shape index (κ3) is 2.87. The van der Waals surface area contributed by atoms with Crippen molar-refractivity contribution in [3.05, 3.63) is 28.9 Å². The molecule has 0 aliphatic heterocycles. The van der Waals surface area contributed by atoms with Gasteiger partial charge < -0.3 is 0 Å². The minimum atomic E-state index is -3.42. The van der Waals surface area contributed by atoms with E-state index in [0.29, 0.717) is 21.7 Å². The maximum absolute atomic E-state index is 11.9. The molecule has 6 heteroatoms. The lowest BCUT2D eigenvalue weighted by Crippen LogP contribution is -2.20. The van der Waals surface area contributed by atoms with E-state index in [0.717, 1.165) is 6.26 Å². The highest BCUT2D eigenvalue weighted by Crippen LogP contribution is 2.28. The minimum Gasteiger partial charge on any atom is -0.248 e. The standard InChI is InChI=1S/C13H15ClN2O2S/c1-13(2,3)11-12(19(4,17)18)16-9-6-5-8(14)7-10(9)15-11/h5-7H,1-4H3. The van der Waals surface area contributed by atoms with Crippen LogP contribution in [0.5, 0.6) is 0 Å². The van der Waals surface area contributed by atoms with Crippen LogP contribution in [0.2, 0.25) is 5.02 Å². The van der Waals surface area contributed by atoms with Crippen molar-refractivity contribution in [1.82, 2.24) is 9.97 Å². The summed E-state index contributed by atoms with van der Waals surface area (Å²) in [5.74, 6) is 0. The number of halogens is 1. The van der Waals surface area contributed by atoms with Crippen molar-refractivity contribution in [2.75, 3.05) is 6.26 Å². The molecule has 0 aliphatic rings. The predicted octanol–water partition coefficient (Wildman–Crippen LogP) is 2.98. The van der Waals surface area contributed by atoms with Gasteiger partial charge in [-0.3, -0.25) is 0 Å². The summed E-state index contributed by atoms with van der Waals surface area (Å²) in [5, 5.41) is 0.587. The molecule has 1 heterocycles. The van der Waals surface area contributed by atoms with Gasteiger partial charge in [0.05, 0.1) is 16.7 Å². The molecule has 4 nitrogen and oxygen atoms in total. The van der Waals surface area contributed by atoms with Gasteiger partial charge in [0.25, 0.3) is 0 Å². The average Bonchev–Trinajstić information content (AvgIpc) is 2.24. The number of nitrogens with zero attached hydrogens (tertiary/aromatic N) is 2. The lowest BCUT2D eigenvalue weighted by Gasteiger charge is -2.20. The van der Waals surface area contributed by atoms with Gasteiger partial charge in [-0.15, -0.1) is 0 Å². The number of fused-ring (bicyclic) bond motifs is 1. The van der Waals surface area contributed by atoms with Crippen molar-refractivity contribution in [3.8, 4) is 0 Å². The Balaban J connectivity index is 2.90. The lowest BCUT2D eigenvalue weighted by molar-refractivity contribution is 0.539. The van der Waals surface area contributed by atoms with Gasteiger partial charge in [-0.25, -0.2) is 18.4 Å². The van der Waals surface area contributed by atoms with E-state index in [9.17, 15) is 8.42 Å². The van der Waals surface area contributed by atoms with E-state index in [2.05, 4.69) is 9.97 Å². The molecule has 1 aromatic carbocycles. The number of hydrogen-bond donors (Lipinski definition) is 0. The van der Waals surface area contributed by atoms with Gasteiger partial charge in [0.15, 0.2) is 14.9 Å². The molecule has 2 aromatic rings. The molecule has 0 unspecified atom stereocenters. The van der Waals surface area contributed by atoms with Crippen LogP contribution in [0.15, 0.2) is 23.2 Å². The minimum absolute atomic E-state index is 0.0369. The Kier molecular flexibility index (Phi) is 3.31. The lowest BCUT2D eigenvalue weighted by atomic mass is 9.92. The molecular formula is C13H15ClN2O2S. The third-order valence-corrected chi connectivity index (χ3v) is 3.88. The molecule has 102 valence electrons. The van der Waals surface area contributed by atoms with Crippen LogP contribution < -0.4 is 0 Å². The van der Waals surface area contributed by atoms with Gasteiger partial charge in [0.2, 0.25) is 0 Å². The second-order valence-electron chi connectivity index (χ2n) is 5.53. The van der Waals surface area contributed by atoms with Crippen LogP contribution in [0.1, 0.15) is 26.5 Å². The summed E-state index contributed by atoms with van der Waals surface area (Å²) in [7, 11) is -3.42. The largest absolute Gasteiger partial charge is 0.248 e. The molecule has 19 heavy (non-hydrogen) atoms. The topological polar surface area (TPSA) is 59.9 Å². The van der Waals surface area contributed by atoms with Gasteiger partial charge in [-0.1, -0.05) is 32.4 Å². The fourth-order valence-corrected chi connectivity index (χ4v) is 2.89. The van der Waals surface area contributed by atoms with Crippen LogP contribution in [0.4, 0.5) is 0 Å². The number of benzene rings is 1. The Hall–Kier alpha value is -1.20. The van der Waals surface area contributed by atoms with Gasteiger partial charge >= 0.3 is 0 Å². The molecule has 0 amide bonds. The molecule has 2 rings (SSSR count). The van der Waals surface area contributed by atoms with Crippen LogP contribution in [-0.4, -0.2) is 24.6 Å². The van der Waals surface area contributed by atoms with E-state index in [1.165, 1.54) is 0 Å². The maximum Gasteiger partial charge on any atom is 0.194 e. The Morgan fingerprint density at radius 3 is 2.26 bits per heavy atom. The van der Waals surface area contributed by atoms with Crippen molar-refractivity contribution in [2.24, 2.45) is 0 Å². The summed E-state index contributed by atoms with van der Waals surface area (Å²) in [6.07, 6.45) is 1.15. The molecule has 0 fully saturated rings. The molecule has 0 radical (unpaired) electrons. The Morgan fingerprint density at radius 2 is 1.74 bits per heavy atom. The zero-order valence-corrected chi connectivity index (χ0v) is 12.8. The smallest absolute Gasteiger partial charge is 0.194 e. The first kappa shape index (κ1) is 14.2. The second kappa shape index (κ2) is 4.42. The third-order valence-electron chi connectivity index (χ3n) is 2.66. The van der Waals surface area contributed by atoms with E-state index >= 15 is 0 Å². The van der Waals surface area contributed by atoms with Gasteiger partial charge in [0.1, 0.15) is 0 Å². The first-order valence-corrected chi connectivity index (χ1v) is 8.04. The summed E-state index contributed by atoms with van der Waals surface area (Å²) in [6, 6.07) is 5.03. The molecule has 0 saturated carbocycles. The first-order chi connectivity index (χ1) is 8.59. The van der Waals surface area contributed by atoms with Gasteiger partial charge in [0, 0.05) is 16.7 Å². The Labute approximate surface area is 117 Å². The van der Waals surface area contributed by atoms with Crippen molar-refractivity contribution < 1.29 is 8.42 Å². The zero-order valence-electron chi connectivity index (χ0n) is 11.2. The summed E-state index contributed by atoms with van der Waals surface area (Å²) in [4.78, 5) is 8.69. The summed E-state index contributed by atoms with van der Waals surface area (Å²) >= 11 is 5.93. The van der Waals surface area contributed by atoms with E-state index in [1.807, 2.05) is 20.8 Å². The summed E-state index contributed by atoms with van der Waals surface area (Å²) in [6.45, 7) is 5.71. The fourth-order valence-electron chi connectivity index (χ4n) is 1.76. The monoisotopic (exact) mass is 298 g/mol. The van der Waals surface area contributed by atoms with Crippen LogP contribution in [0.3, 0.4) is 0 Å². The number of hydrogen-bond acceptors (Lipinski definition) is 4. The van der Waals surface area contributed by atoms with Gasteiger partial charge in [-0.05, 0) is 18.2 Å². The van der Waals surface area contributed by atoms with Crippen molar-refractivity contribution >= 4 is 32.5 Å². The zero-order chi connectivity index (χ0) is 14.4. The predicted molar refractivity (Wildman–Crippen MR) is 76.4 cm³/mol. The SMILES string of the molecule is CC(C)(C)c1nc2cc(Cl)ccc2nc1S(C)(=O)=O. The van der Waals surface area contributed by atoms with Crippen LogP contribution >= 0.6 is 11.6 Å². The highest BCUT2D eigenvalue weighted by atomic mass is 35.5. The molecule has 0 aliphatic carbocycles. The highest BCUT2D eigenvalue weighted by molar-refractivity contribution is 7.90. The maximum atomic E-state index is 11.9. The molecule has 0 atom stereocenters. The number of aromatic nitrogens is 2. The van der Waals surface area contributed by atoms with Crippen LogP contribution in [0, 0.1) is 0 Å². The Bertz CT molecular complexity index is 749. The molecule has 0 N–H and O–H groups in total. The number of sulfone groups is 1. The van der Waals surface area contributed by atoms with Gasteiger partial charge in [-0.2, -0.15) is 0 Å².